The Balaban J connectivity index is 4.61. The molecule has 0 aliphatic heterocycles. The summed E-state index contributed by atoms with van der Waals surface area (Å²) in [5.74, 6) is 5.26. The normalized spacial score (nSPS) is 12.8. The monoisotopic (exact) mass is 284 g/mol. The quantitative estimate of drug-likeness (QED) is 0.363. The SMILES string of the molecule is C=C(CCC)N(C)/C(=C/CC)CC(C)NC(=S)NN. The average molecular weight is 284 g/mol. The predicted octanol–water partition coefficient (Wildman–Crippen LogP) is 2.64. The first-order valence-electron chi connectivity index (χ1n) is 6.83. The fourth-order valence-corrected chi connectivity index (χ4v) is 2.08. The molecule has 0 aromatic rings. The Bertz CT molecular complexity index is 325. The molecule has 0 bridgehead atoms. The lowest BCUT2D eigenvalue weighted by Gasteiger charge is -2.27. The van der Waals surface area contributed by atoms with Crippen molar-refractivity contribution in [1.29, 1.82) is 0 Å². The van der Waals surface area contributed by atoms with Gasteiger partial charge in [0.05, 0.1) is 0 Å². The smallest absolute Gasteiger partial charge is 0.180 e. The summed E-state index contributed by atoms with van der Waals surface area (Å²) in [7, 11) is 2.08. The van der Waals surface area contributed by atoms with E-state index in [2.05, 4.69) is 56.1 Å². The zero-order valence-corrected chi connectivity index (χ0v) is 13.4. The second kappa shape index (κ2) is 9.81. The fourth-order valence-electron chi connectivity index (χ4n) is 1.88. The van der Waals surface area contributed by atoms with Gasteiger partial charge in [0.25, 0.3) is 0 Å². The van der Waals surface area contributed by atoms with Crippen molar-refractivity contribution >= 4 is 17.3 Å². The molecule has 0 fully saturated rings. The van der Waals surface area contributed by atoms with E-state index < -0.39 is 0 Å². The molecule has 0 saturated carbocycles. The molecule has 0 amide bonds. The first kappa shape index (κ1) is 17.9. The third-order valence-corrected chi connectivity index (χ3v) is 3.14. The number of rotatable bonds is 8. The maximum atomic E-state index is 5.26. The minimum atomic E-state index is 0.221. The summed E-state index contributed by atoms with van der Waals surface area (Å²) in [6.45, 7) is 10.5. The van der Waals surface area contributed by atoms with Crippen LogP contribution in [-0.4, -0.2) is 23.1 Å². The molecule has 1 unspecified atom stereocenters. The zero-order chi connectivity index (χ0) is 14.8. The van der Waals surface area contributed by atoms with Gasteiger partial charge in [-0.15, -0.1) is 0 Å². The van der Waals surface area contributed by atoms with E-state index in [1.54, 1.807) is 0 Å². The summed E-state index contributed by atoms with van der Waals surface area (Å²) in [5.41, 5.74) is 4.85. The average Bonchev–Trinajstić information content (AvgIpc) is 2.37. The topological polar surface area (TPSA) is 53.3 Å². The summed E-state index contributed by atoms with van der Waals surface area (Å²) in [4.78, 5) is 2.18. The number of nitrogens with zero attached hydrogens (tertiary/aromatic N) is 1. The van der Waals surface area contributed by atoms with Gasteiger partial charge in [0, 0.05) is 30.9 Å². The molecule has 4 N–H and O–H groups in total. The standard InChI is InChI=1S/C14H28N4S/c1-6-8-12(4)18(5)13(9-7-2)10-11(3)16-14(19)17-15/h9,11H,4,6-8,10,15H2,1-3,5H3,(H2,16,17,19)/b13-9+. The van der Waals surface area contributed by atoms with Crippen molar-refractivity contribution < 1.29 is 0 Å². The van der Waals surface area contributed by atoms with Crippen LogP contribution in [0.5, 0.6) is 0 Å². The van der Waals surface area contributed by atoms with Gasteiger partial charge in [-0.1, -0.05) is 32.9 Å². The lowest BCUT2D eigenvalue weighted by Crippen LogP contribution is -2.44. The van der Waals surface area contributed by atoms with E-state index in [9.17, 15) is 0 Å². The highest BCUT2D eigenvalue weighted by molar-refractivity contribution is 7.80. The molecule has 19 heavy (non-hydrogen) atoms. The lowest BCUT2D eigenvalue weighted by molar-refractivity contribution is 0.449. The maximum absolute atomic E-state index is 5.26. The van der Waals surface area contributed by atoms with Gasteiger partial charge in [-0.05, 0) is 32.0 Å². The lowest BCUT2D eigenvalue weighted by atomic mass is 10.1. The molecular weight excluding hydrogens is 256 g/mol. The highest BCUT2D eigenvalue weighted by Gasteiger charge is 2.12. The van der Waals surface area contributed by atoms with E-state index in [0.29, 0.717) is 5.11 Å². The highest BCUT2D eigenvalue weighted by Crippen LogP contribution is 2.18. The summed E-state index contributed by atoms with van der Waals surface area (Å²) < 4.78 is 0. The van der Waals surface area contributed by atoms with Crippen LogP contribution in [0.2, 0.25) is 0 Å². The van der Waals surface area contributed by atoms with E-state index in [4.69, 9.17) is 18.1 Å². The number of nitrogens with one attached hydrogen (secondary N) is 2. The molecular formula is C14H28N4S. The van der Waals surface area contributed by atoms with Crippen LogP contribution in [0, 0.1) is 0 Å². The van der Waals surface area contributed by atoms with Gasteiger partial charge in [-0.3, -0.25) is 0 Å². The van der Waals surface area contributed by atoms with Gasteiger partial charge >= 0.3 is 0 Å². The number of hydrogen-bond donors (Lipinski definition) is 3. The Morgan fingerprint density at radius 1 is 1.47 bits per heavy atom. The number of allylic oxidation sites excluding steroid dienone is 2. The number of thiocarbonyl (C=S) groups is 1. The molecule has 5 heteroatoms. The van der Waals surface area contributed by atoms with E-state index in [-0.39, 0.29) is 6.04 Å². The second-order valence-corrected chi connectivity index (χ2v) is 5.11. The Hall–Kier alpha value is -1.07. The van der Waals surface area contributed by atoms with Crippen LogP contribution in [0.3, 0.4) is 0 Å². The number of hydrazine groups is 1. The Labute approximate surface area is 123 Å². The van der Waals surface area contributed by atoms with Crippen LogP contribution in [0.1, 0.15) is 46.5 Å². The molecule has 0 aliphatic carbocycles. The molecule has 0 rings (SSSR count). The molecule has 0 aromatic carbocycles. The van der Waals surface area contributed by atoms with Crippen LogP contribution >= 0.6 is 12.2 Å². The molecule has 4 nitrogen and oxygen atoms in total. The molecule has 1 atom stereocenters. The third-order valence-electron chi connectivity index (χ3n) is 2.91. The molecule has 0 radical (unpaired) electrons. The largest absolute Gasteiger partial charge is 0.359 e. The van der Waals surface area contributed by atoms with Crippen LogP contribution in [-0.2, 0) is 0 Å². The van der Waals surface area contributed by atoms with Gasteiger partial charge in [-0.2, -0.15) is 0 Å². The van der Waals surface area contributed by atoms with E-state index in [0.717, 1.165) is 31.4 Å². The number of nitrogens with two attached hydrogens (primary N) is 1. The molecule has 110 valence electrons. The van der Waals surface area contributed by atoms with Crippen LogP contribution in [0.25, 0.3) is 0 Å². The van der Waals surface area contributed by atoms with Crippen molar-refractivity contribution in [1.82, 2.24) is 15.6 Å². The summed E-state index contributed by atoms with van der Waals surface area (Å²) in [5, 5.41) is 3.61. The van der Waals surface area contributed by atoms with Crippen LogP contribution in [0.15, 0.2) is 24.0 Å². The van der Waals surface area contributed by atoms with Crippen molar-refractivity contribution in [3.63, 3.8) is 0 Å². The minimum absolute atomic E-state index is 0.221. The highest BCUT2D eigenvalue weighted by atomic mass is 32.1. The number of hydrogen-bond acceptors (Lipinski definition) is 3. The molecule has 0 aromatic heterocycles. The first-order chi connectivity index (χ1) is 8.96. The summed E-state index contributed by atoms with van der Waals surface area (Å²) in [6, 6.07) is 0.221. The van der Waals surface area contributed by atoms with Crippen LogP contribution in [0.4, 0.5) is 0 Å². The van der Waals surface area contributed by atoms with Crippen LogP contribution < -0.4 is 16.6 Å². The van der Waals surface area contributed by atoms with Gasteiger partial charge in [0.15, 0.2) is 5.11 Å². The molecule has 0 aliphatic rings. The van der Waals surface area contributed by atoms with Crippen molar-refractivity contribution in [2.24, 2.45) is 5.84 Å². The van der Waals surface area contributed by atoms with Crippen molar-refractivity contribution in [3.8, 4) is 0 Å². The van der Waals surface area contributed by atoms with Crippen molar-refractivity contribution in [3.05, 3.63) is 24.0 Å². The molecule has 0 spiro atoms. The predicted molar refractivity (Wildman–Crippen MR) is 87.3 cm³/mol. The second-order valence-electron chi connectivity index (χ2n) is 4.70. The van der Waals surface area contributed by atoms with E-state index in [1.807, 2.05) is 0 Å². The molecule has 0 heterocycles. The van der Waals surface area contributed by atoms with Gasteiger partial charge in [-0.25, -0.2) is 5.84 Å². The molecule has 0 saturated heterocycles. The first-order valence-corrected chi connectivity index (χ1v) is 7.24. The minimum Gasteiger partial charge on any atom is -0.359 e. The van der Waals surface area contributed by atoms with E-state index >= 15 is 0 Å². The Morgan fingerprint density at radius 2 is 2.11 bits per heavy atom. The third kappa shape index (κ3) is 7.18. The van der Waals surface area contributed by atoms with Gasteiger partial charge in [0.2, 0.25) is 0 Å². The Kier molecular flexibility index (Phi) is 9.26. The Morgan fingerprint density at radius 3 is 2.58 bits per heavy atom. The van der Waals surface area contributed by atoms with Crippen molar-refractivity contribution in [2.45, 2.75) is 52.5 Å². The summed E-state index contributed by atoms with van der Waals surface area (Å²) >= 11 is 5.01. The summed E-state index contributed by atoms with van der Waals surface area (Å²) in [6.07, 6.45) is 6.25. The maximum Gasteiger partial charge on any atom is 0.180 e. The van der Waals surface area contributed by atoms with E-state index in [1.165, 1.54) is 5.70 Å². The van der Waals surface area contributed by atoms with Gasteiger partial charge < -0.3 is 15.6 Å². The van der Waals surface area contributed by atoms with Gasteiger partial charge in [0.1, 0.15) is 0 Å². The van der Waals surface area contributed by atoms with Crippen molar-refractivity contribution in [2.75, 3.05) is 7.05 Å². The fraction of sp³-hybridized carbons (Fsp3) is 0.643. The zero-order valence-electron chi connectivity index (χ0n) is 12.6.